The molecule has 26 heavy (non-hydrogen) atoms. The van der Waals surface area contributed by atoms with Crippen LogP contribution < -0.4 is 0 Å². The molecule has 0 atom stereocenters. The summed E-state index contributed by atoms with van der Waals surface area (Å²) in [5.41, 5.74) is 2.80. The van der Waals surface area contributed by atoms with Gasteiger partial charge >= 0.3 is 0 Å². The minimum Gasteiger partial charge on any atom is -0.258 e. The summed E-state index contributed by atoms with van der Waals surface area (Å²) in [6.07, 6.45) is 0.872. The van der Waals surface area contributed by atoms with Gasteiger partial charge in [-0.2, -0.15) is 0 Å². The van der Waals surface area contributed by atoms with Gasteiger partial charge in [-0.25, -0.2) is 4.98 Å². The van der Waals surface area contributed by atoms with Gasteiger partial charge in [-0.1, -0.05) is 25.1 Å². The van der Waals surface area contributed by atoms with Crippen LogP contribution in [0.1, 0.15) is 12.5 Å². The number of hydrogen-bond donors (Lipinski definition) is 0. The van der Waals surface area contributed by atoms with Gasteiger partial charge in [0.2, 0.25) is 5.16 Å². The normalized spacial score (nSPS) is 11.1. The van der Waals surface area contributed by atoms with Crippen LogP contribution in [-0.4, -0.2) is 30.1 Å². The van der Waals surface area contributed by atoms with Gasteiger partial charge in [0.25, 0.3) is 5.69 Å². The number of para-hydroxylation sites is 1. The summed E-state index contributed by atoms with van der Waals surface area (Å²) >= 11 is 2.66. The number of non-ortho nitro benzene ring substituents is 1. The third-order valence-corrected chi connectivity index (χ3v) is 5.65. The average molecular weight is 384 g/mol. The molecule has 0 radical (unpaired) electrons. The number of aromatic nitrogens is 5. The minimum absolute atomic E-state index is 0.0537. The van der Waals surface area contributed by atoms with Gasteiger partial charge in [0.1, 0.15) is 0 Å². The van der Waals surface area contributed by atoms with Crippen molar-refractivity contribution in [1.82, 2.24) is 25.2 Å². The van der Waals surface area contributed by atoms with E-state index in [0.29, 0.717) is 15.0 Å². The van der Waals surface area contributed by atoms with Crippen LogP contribution in [0.15, 0.2) is 52.0 Å². The molecule has 10 heteroatoms. The molecular formula is C16H12N6O2S2. The van der Waals surface area contributed by atoms with E-state index in [-0.39, 0.29) is 5.69 Å². The van der Waals surface area contributed by atoms with E-state index >= 15 is 0 Å². The highest BCUT2D eigenvalue weighted by Gasteiger charge is 2.14. The number of rotatable bonds is 5. The van der Waals surface area contributed by atoms with E-state index in [9.17, 15) is 10.1 Å². The molecule has 0 aliphatic carbocycles. The molecule has 2 aromatic heterocycles. The SMILES string of the molecule is CCc1ccccc1-n1nnc(Sc2nc3ccc([N+](=O)[O-])cc3s2)n1. The van der Waals surface area contributed by atoms with Gasteiger partial charge in [0.15, 0.2) is 4.34 Å². The Bertz CT molecular complexity index is 1110. The van der Waals surface area contributed by atoms with Crippen molar-refractivity contribution < 1.29 is 4.92 Å². The summed E-state index contributed by atoms with van der Waals surface area (Å²) in [6, 6.07) is 12.5. The molecule has 0 saturated carbocycles. The fourth-order valence-electron chi connectivity index (χ4n) is 2.48. The summed E-state index contributed by atoms with van der Waals surface area (Å²) in [5.74, 6) is 0. The molecular weight excluding hydrogens is 372 g/mol. The maximum Gasteiger partial charge on any atom is 0.270 e. The maximum absolute atomic E-state index is 10.9. The number of benzene rings is 2. The molecule has 0 spiro atoms. The van der Waals surface area contributed by atoms with Crippen LogP contribution in [0.2, 0.25) is 0 Å². The lowest BCUT2D eigenvalue weighted by atomic mass is 10.1. The number of fused-ring (bicyclic) bond motifs is 1. The number of thiazole rings is 1. The van der Waals surface area contributed by atoms with Crippen LogP contribution >= 0.6 is 23.1 Å². The van der Waals surface area contributed by atoms with E-state index < -0.39 is 4.92 Å². The smallest absolute Gasteiger partial charge is 0.258 e. The topological polar surface area (TPSA) is 99.6 Å². The van der Waals surface area contributed by atoms with Gasteiger partial charge in [-0.05, 0) is 41.1 Å². The first kappa shape index (κ1) is 16.6. The van der Waals surface area contributed by atoms with Crippen molar-refractivity contribution in [2.24, 2.45) is 0 Å². The number of nitro groups is 1. The second kappa shape index (κ2) is 6.81. The Balaban J connectivity index is 1.61. The Kier molecular flexibility index (Phi) is 4.35. The largest absolute Gasteiger partial charge is 0.270 e. The molecule has 0 aliphatic rings. The zero-order valence-electron chi connectivity index (χ0n) is 13.6. The highest BCUT2D eigenvalue weighted by molar-refractivity contribution is 8.01. The number of nitro benzene ring substituents is 1. The minimum atomic E-state index is -0.412. The van der Waals surface area contributed by atoms with Crippen molar-refractivity contribution in [2.75, 3.05) is 0 Å². The third kappa shape index (κ3) is 3.16. The van der Waals surface area contributed by atoms with Crippen molar-refractivity contribution in [3.63, 3.8) is 0 Å². The molecule has 4 aromatic rings. The van der Waals surface area contributed by atoms with Gasteiger partial charge in [0.05, 0.1) is 20.8 Å². The van der Waals surface area contributed by atoms with E-state index in [1.165, 1.54) is 40.0 Å². The molecule has 2 heterocycles. The molecule has 0 N–H and O–H groups in total. The van der Waals surface area contributed by atoms with Crippen LogP contribution in [0.5, 0.6) is 0 Å². The quantitative estimate of drug-likeness (QED) is 0.380. The van der Waals surface area contributed by atoms with E-state index in [1.54, 1.807) is 6.07 Å². The van der Waals surface area contributed by atoms with Crippen molar-refractivity contribution in [3.05, 3.63) is 58.1 Å². The van der Waals surface area contributed by atoms with E-state index in [4.69, 9.17) is 0 Å². The predicted octanol–water partition coefficient (Wildman–Crippen LogP) is 3.89. The lowest BCUT2D eigenvalue weighted by molar-refractivity contribution is -0.384. The third-order valence-electron chi connectivity index (χ3n) is 3.73. The Hall–Kier alpha value is -2.85. The second-order valence-corrected chi connectivity index (χ2v) is 7.58. The molecule has 0 bridgehead atoms. The fraction of sp³-hybridized carbons (Fsp3) is 0.125. The molecule has 0 unspecified atom stereocenters. The van der Waals surface area contributed by atoms with Gasteiger partial charge in [-0.3, -0.25) is 10.1 Å². The van der Waals surface area contributed by atoms with E-state index in [1.807, 2.05) is 24.3 Å². The van der Waals surface area contributed by atoms with Crippen molar-refractivity contribution >= 4 is 39.0 Å². The monoisotopic (exact) mass is 384 g/mol. The van der Waals surface area contributed by atoms with E-state index in [2.05, 4.69) is 27.3 Å². The van der Waals surface area contributed by atoms with Gasteiger partial charge in [0, 0.05) is 12.1 Å². The van der Waals surface area contributed by atoms with Crippen LogP contribution in [0.3, 0.4) is 0 Å². The van der Waals surface area contributed by atoms with Crippen LogP contribution in [-0.2, 0) is 6.42 Å². The number of tetrazole rings is 1. The van der Waals surface area contributed by atoms with Crippen molar-refractivity contribution in [2.45, 2.75) is 22.8 Å². The Morgan fingerprint density at radius 3 is 2.92 bits per heavy atom. The lowest BCUT2D eigenvalue weighted by Crippen LogP contribution is -2.02. The summed E-state index contributed by atoms with van der Waals surface area (Å²) < 4.78 is 1.47. The van der Waals surface area contributed by atoms with Crippen LogP contribution in [0.4, 0.5) is 5.69 Å². The number of aryl methyl sites for hydroxylation is 1. The molecule has 0 amide bonds. The fourth-order valence-corrected chi connectivity index (χ4v) is 4.36. The summed E-state index contributed by atoms with van der Waals surface area (Å²) in [4.78, 5) is 16.5. The second-order valence-electron chi connectivity index (χ2n) is 5.33. The standard InChI is InChI=1S/C16H12N6O2S2/c1-2-10-5-3-4-6-13(10)21-19-15(18-20-21)26-16-17-12-8-7-11(22(23)24)9-14(12)25-16/h3-9H,2H2,1H3. The molecule has 4 rings (SSSR count). The molecule has 130 valence electrons. The molecule has 2 aromatic carbocycles. The Morgan fingerprint density at radius 1 is 1.27 bits per heavy atom. The summed E-state index contributed by atoms with van der Waals surface area (Å²) in [5, 5.41) is 24.0. The maximum atomic E-state index is 10.9. The van der Waals surface area contributed by atoms with Crippen LogP contribution in [0.25, 0.3) is 15.9 Å². The highest BCUT2D eigenvalue weighted by atomic mass is 32.2. The molecule has 0 saturated heterocycles. The highest BCUT2D eigenvalue weighted by Crippen LogP contribution is 2.34. The molecule has 0 fully saturated rings. The van der Waals surface area contributed by atoms with Gasteiger partial charge < -0.3 is 0 Å². The summed E-state index contributed by atoms with van der Waals surface area (Å²) in [7, 11) is 0. The molecule has 8 nitrogen and oxygen atoms in total. The zero-order valence-corrected chi connectivity index (χ0v) is 15.2. The van der Waals surface area contributed by atoms with Crippen molar-refractivity contribution in [1.29, 1.82) is 0 Å². The first-order chi connectivity index (χ1) is 12.6. The average Bonchev–Trinajstić information content (AvgIpc) is 3.27. The summed E-state index contributed by atoms with van der Waals surface area (Å²) in [6.45, 7) is 2.08. The van der Waals surface area contributed by atoms with Gasteiger partial charge in [-0.15, -0.1) is 26.3 Å². The molecule has 0 aliphatic heterocycles. The first-order valence-corrected chi connectivity index (χ1v) is 9.38. The van der Waals surface area contributed by atoms with Crippen LogP contribution in [0, 0.1) is 10.1 Å². The number of nitrogens with zero attached hydrogens (tertiary/aromatic N) is 6. The number of hydrogen-bond acceptors (Lipinski definition) is 8. The Labute approximate surface area is 156 Å². The predicted molar refractivity (Wildman–Crippen MR) is 98.9 cm³/mol. The lowest BCUT2D eigenvalue weighted by Gasteiger charge is -2.04. The zero-order chi connectivity index (χ0) is 18.1. The van der Waals surface area contributed by atoms with Crippen molar-refractivity contribution in [3.8, 4) is 5.69 Å². The first-order valence-electron chi connectivity index (χ1n) is 7.75. The van der Waals surface area contributed by atoms with E-state index in [0.717, 1.165) is 22.4 Å². The Morgan fingerprint density at radius 2 is 2.12 bits per heavy atom.